The Bertz CT molecular complexity index is 105. The highest BCUT2D eigenvalue weighted by Gasteiger charge is 2.40. The first-order valence-corrected chi connectivity index (χ1v) is 3.95. The summed E-state index contributed by atoms with van der Waals surface area (Å²) >= 11 is 0. The fraction of sp³-hybridized carbons (Fsp3) is 1.00. The van der Waals surface area contributed by atoms with Crippen LogP contribution in [0.25, 0.3) is 0 Å². The van der Waals surface area contributed by atoms with Crippen molar-refractivity contribution in [1.82, 2.24) is 0 Å². The van der Waals surface area contributed by atoms with E-state index in [9.17, 15) is 0 Å². The van der Waals surface area contributed by atoms with Gasteiger partial charge in [0.15, 0.2) is 0 Å². The molecular weight excluding hydrogens is 112 g/mol. The zero-order valence-corrected chi connectivity index (χ0v) is 5.97. The summed E-state index contributed by atoms with van der Waals surface area (Å²) in [4.78, 5) is 0. The number of rotatable bonds is 1. The number of ether oxygens (including phenoxy) is 1. The second-order valence-electron chi connectivity index (χ2n) is 3.50. The fourth-order valence-electron chi connectivity index (χ4n) is 1.90. The summed E-state index contributed by atoms with van der Waals surface area (Å²) in [5.41, 5.74) is 0. The molecular formula is C8H14O. The molecule has 1 aliphatic carbocycles. The van der Waals surface area contributed by atoms with Crippen molar-refractivity contribution >= 4 is 0 Å². The fourth-order valence-corrected chi connectivity index (χ4v) is 1.90. The molecule has 1 aliphatic heterocycles. The summed E-state index contributed by atoms with van der Waals surface area (Å²) in [5, 5.41) is 0. The Balaban J connectivity index is 1.85. The van der Waals surface area contributed by atoms with E-state index in [4.69, 9.17) is 4.74 Å². The third-order valence-electron chi connectivity index (χ3n) is 2.74. The van der Waals surface area contributed by atoms with E-state index in [0.29, 0.717) is 0 Å². The molecule has 3 atom stereocenters. The lowest BCUT2D eigenvalue weighted by Crippen LogP contribution is -2.02. The zero-order chi connectivity index (χ0) is 6.27. The van der Waals surface area contributed by atoms with Gasteiger partial charge in [-0.2, -0.15) is 0 Å². The molecule has 1 nitrogen and oxygen atoms in total. The maximum atomic E-state index is 5.31. The molecule has 0 N–H and O–H groups in total. The van der Waals surface area contributed by atoms with Gasteiger partial charge in [0.25, 0.3) is 0 Å². The molecule has 0 aromatic rings. The quantitative estimate of drug-likeness (QED) is 0.519. The summed E-state index contributed by atoms with van der Waals surface area (Å²) in [6.07, 6.45) is 2.79. The maximum absolute atomic E-state index is 5.31. The van der Waals surface area contributed by atoms with Crippen molar-refractivity contribution in [2.75, 3.05) is 13.2 Å². The topological polar surface area (TPSA) is 9.23 Å². The Labute approximate surface area is 56.4 Å². The van der Waals surface area contributed by atoms with Gasteiger partial charge in [-0.05, 0) is 30.6 Å². The third kappa shape index (κ3) is 0.983. The average Bonchev–Trinajstić information content (AvgIpc) is 2.44. The molecule has 1 saturated carbocycles. The molecule has 3 unspecified atom stereocenters. The number of hydrogen-bond acceptors (Lipinski definition) is 1. The molecule has 1 saturated heterocycles. The first kappa shape index (κ1) is 5.72. The van der Waals surface area contributed by atoms with Crippen LogP contribution < -0.4 is 0 Å². The largest absolute Gasteiger partial charge is 0.381 e. The Morgan fingerprint density at radius 3 is 2.67 bits per heavy atom. The minimum Gasteiger partial charge on any atom is -0.381 e. The molecule has 2 aliphatic rings. The number of hydrogen-bond donors (Lipinski definition) is 0. The highest BCUT2D eigenvalue weighted by atomic mass is 16.5. The van der Waals surface area contributed by atoms with Crippen LogP contribution in [0.4, 0.5) is 0 Å². The van der Waals surface area contributed by atoms with Gasteiger partial charge in [0.2, 0.25) is 0 Å². The molecule has 52 valence electrons. The summed E-state index contributed by atoms with van der Waals surface area (Å²) in [5.74, 6) is 2.98. The van der Waals surface area contributed by atoms with Crippen LogP contribution in [0.15, 0.2) is 0 Å². The Morgan fingerprint density at radius 2 is 2.22 bits per heavy atom. The van der Waals surface area contributed by atoms with Crippen LogP contribution in [0, 0.1) is 17.8 Å². The van der Waals surface area contributed by atoms with Crippen molar-refractivity contribution in [1.29, 1.82) is 0 Å². The lowest BCUT2D eigenvalue weighted by Gasteiger charge is -2.02. The smallest absolute Gasteiger partial charge is 0.0497 e. The zero-order valence-electron chi connectivity index (χ0n) is 5.97. The summed E-state index contributed by atoms with van der Waals surface area (Å²) in [6.45, 7) is 4.42. The molecule has 2 rings (SSSR count). The Morgan fingerprint density at radius 1 is 1.44 bits per heavy atom. The van der Waals surface area contributed by atoms with Crippen molar-refractivity contribution in [2.45, 2.75) is 19.8 Å². The van der Waals surface area contributed by atoms with Gasteiger partial charge < -0.3 is 4.74 Å². The first-order chi connectivity index (χ1) is 4.38. The third-order valence-corrected chi connectivity index (χ3v) is 2.74. The standard InChI is InChI=1S/C8H14O/c1-6-4-8(6)7-2-3-9-5-7/h6-8H,2-5H2,1H3. The average molecular weight is 126 g/mol. The van der Waals surface area contributed by atoms with Crippen LogP contribution in [-0.4, -0.2) is 13.2 Å². The van der Waals surface area contributed by atoms with Gasteiger partial charge in [-0.25, -0.2) is 0 Å². The lowest BCUT2D eigenvalue weighted by atomic mass is 10.0. The Hall–Kier alpha value is -0.0400. The van der Waals surface area contributed by atoms with Crippen LogP contribution >= 0.6 is 0 Å². The summed E-state index contributed by atoms with van der Waals surface area (Å²) in [7, 11) is 0. The van der Waals surface area contributed by atoms with E-state index in [2.05, 4.69) is 6.92 Å². The van der Waals surface area contributed by atoms with Crippen LogP contribution in [0.3, 0.4) is 0 Å². The predicted molar refractivity (Wildman–Crippen MR) is 36.2 cm³/mol. The molecule has 0 bridgehead atoms. The molecule has 2 fully saturated rings. The Kier molecular flexibility index (Phi) is 1.26. The minimum absolute atomic E-state index is 0.931. The van der Waals surface area contributed by atoms with Gasteiger partial charge in [0.1, 0.15) is 0 Å². The van der Waals surface area contributed by atoms with Gasteiger partial charge in [-0.15, -0.1) is 0 Å². The van der Waals surface area contributed by atoms with Gasteiger partial charge in [-0.3, -0.25) is 0 Å². The molecule has 0 spiro atoms. The molecule has 1 heterocycles. The van der Waals surface area contributed by atoms with Crippen molar-refractivity contribution in [3.8, 4) is 0 Å². The van der Waals surface area contributed by atoms with E-state index in [1.165, 1.54) is 12.8 Å². The highest BCUT2D eigenvalue weighted by Crippen LogP contribution is 2.46. The van der Waals surface area contributed by atoms with E-state index in [1.54, 1.807) is 0 Å². The SMILES string of the molecule is CC1CC1C1CCOC1. The molecule has 0 amide bonds. The second-order valence-corrected chi connectivity index (χ2v) is 3.50. The molecule has 0 aromatic heterocycles. The van der Waals surface area contributed by atoms with Gasteiger partial charge in [0.05, 0.1) is 0 Å². The van der Waals surface area contributed by atoms with Crippen molar-refractivity contribution in [3.63, 3.8) is 0 Å². The predicted octanol–water partition coefficient (Wildman–Crippen LogP) is 1.68. The van der Waals surface area contributed by atoms with Gasteiger partial charge in [-0.1, -0.05) is 6.92 Å². The van der Waals surface area contributed by atoms with E-state index < -0.39 is 0 Å². The van der Waals surface area contributed by atoms with Crippen LogP contribution in [0.5, 0.6) is 0 Å². The van der Waals surface area contributed by atoms with E-state index >= 15 is 0 Å². The minimum atomic E-state index is 0.931. The first-order valence-electron chi connectivity index (χ1n) is 3.95. The second kappa shape index (κ2) is 1.98. The van der Waals surface area contributed by atoms with Crippen LogP contribution in [0.2, 0.25) is 0 Å². The normalized spacial score (nSPS) is 49.7. The van der Waals surface area contributed by atoms with Crippen molar-refractivity contribution in [2.24, 2.45) is 17.8 Å². The van der Waals surface area contributed by atoms with E-state index in [0.717, 1.165) is 31.0 Å². The van der Waals surface area contributed by atoms with Crippen molar-refractivity contribution in [3.05, 3.63) is 0 Å². The van der Waals surface area contributed by atoms with Crippen LogP contribution in [-0.2, 0) is 4.74 Å². The van der Waals surface area contributed by atoms with E-state index in [1.807, 2.05) is 0 Å². The summed E-state index contributed by atoms with van der Waals surface area (Å²) < 4.78 is 5.31. The molecule has 0 aromatic carbocycles. The summed E-state index contributed by atoms with van der Waals surface area (Å²) in [6, 6.07) is 0. The monoisotopic (exact) mass is 126 g/mol. The van der Waals surface area contributed by atoms with Crippen molar-refractivity contribution < 1.29 is 4.74 Å². The molecule has 0 radical (unpaired) electrons. The molecule has 9 heavy (non-hydrogen) atoms. The van der Waals surface area contributed by atoms with Gasteiger partial charge >= 0.3 is 0 Å². The molecule has 1 heteroatoms. The lowest BCUT2D eigenvalue weighted by molar-refractivity contribution is 0.181. The van der Waals surface area contributed by atoms with Gasteiger partial charge in [0, 0.05) is 13.2 Å². The maximum Gasteiger partial charge on any atom is 0.0497 e. The highest BCUT2D eigenvalue weighted by molar-refractivity contribution is 4.89. The van der Waals surface area contributed by atoms with Crippen LogP contribution in [0.1, 0.15) is 19.8 Å². The van der Waals surface area contributed by atoms with E-state index in [-0.39, 0.29) is 0 Å².